The van der Waals surface area contributed by atoms with Crippen molar-refractivity contribution in [3.63, 3.8) is 0 Å². The molecule has 0 amide bonds. The van der Waals surface area contributed by atoms with E-state index in [1.165, 1.54) is 6.07 Å². The zero-order chi connectivity index (χ0) is 9.42. The Balaban J connectivity index is 2.62. The fourth-order valence-corrected chi connectivity index (χ4v) is 1.51. The van der Waals surface area contributed by atoms with Gasteiger partial charge >= 0.3 is 5.97 Å². The largest absolute Gasteiger partial charge is 0.493 e. The van der Waals surface area contributed by atoms with E-state index >= 15 is 0 Å². The van der Waals surface area contributed by atoms with E-state index in [1.54, 1.807) is 6.07 Å². The Kier molecular flexibility index (Phi) is 1.62. The van der Waals surface area contributed by atoms with Gasteiger partial charge in [0.2, 0.25) is 0 Å². The topological polar surface area (TPSA) is 72.6 Å². The fourth-order valence-electron chi connectivity index (χ4n) is 1.51. The van der Waals surface area contributed by atoms with Crippen LogP contribution in [-0.4, -0.2) is 17.7 Å². The molecule has 0 unspecified atom stereocenters. The summed E-state index contributed by atoms with van der Waals surface area (Å²) in [6, 6.07) is 3.13. The molecule has 0 aromatic heterocycles. The van der Waals surface area contributed by atoms with Gasteiger partial charge in [-0.2, -0.15) is 0 Å². The van der Waals surface area contributed by atoms with Crippen molar-refractivity contribution < 1.29 is 14.6 Å². The number of nitrogens with two attached hydrogens (primary N) is 1. The van der Waals surface area contributed by atoms with Crippen molar-refractivity contribution in [1.82, 2.24) is 0 Å². The molecule has 0 radical (unpaired) electrons. The number of carboxylic acids is 1. The lowest BCUT2D eigenvalue weighted by Crippen LogP contribution is -2.02. The number of hydrogen-bond donors (Lipinski definition) is 2. The molecule has 2 rings (SSSR count). The fraction of sp³-hybridized carbons (Fsp3) is 0.222. The van der Waals surface area contributed by atoms with Crippen LogP contribution in [0.5, 0.6) is 5.75 Å². The van der Waals surface area contributed by atoms with Gasteiger partial charge in [-0.1, -0.05) is 0 Å². The standard InChI is InChI=1S/C9H9NO3/c10-5-3-7(9(11)12)6-1-2-13-8(6)4-5/h3-4H,1-2,10H2,(H,11,12). The number of aromatic carboxylic acids is 1. The van der Waals surface area contributed by atoms with E-state index in [0.717, 1.165) is 5.56 Å². The van der Waals surface area contributed by atoms with Gasteiger partial charge in [0.1, 0.15) is 5.75 Å². The summed E-state index contributed by atoms with van der Waals surface area (Å²) in [5.74, 6) is -0.341. The molecule has 0 spiro atoms. The molecule has 1 aromatic rings. The number of carbonyl (C=O) groups is 1. The third-order valence-electron chi connectivity index (χ3n) is 2.07. The highest BCUT2D eigenvalue weighted by molar-refractivity contribution is 5.91. The van der Waals surface area contributed by atoms with Crippen molar-refractivity contribution in [3.05, 3.63) is 23.3 Å². The van der Waals surface area contributed by atoms with Crippen LogP contribution in [0.1, 0.15) is 15.9 Å². The minimum absolute atomic E-state index is 0.257. The van der Waals surface area contributed by atoms with Crippen LogP contribution in [0.15, 0.2) is 12.1 Å². The van der Waals surface area contributed by atoms with Gasteiger partial charge in [0, 0.05) is 23.7 Å². The molecule has 0 saturated carbocycles. The van der Waals surface area contributed by atoms with Gasteiger partial charge in [-0.05, 0) is 6.07 Å². The molecule has 4 heteroatoms. The first-order chi connectivity index (χ1) is 6.18. The summed E-state index contributed by atoms with van der Waals surface area (Å²) in [6.45, 7) is 0.541. The zero-order valence-corrected chi connectivity index (χ0v) is 6.91. The lowest BCUT2D eigenvalue weighted by atomic mass is 10.0. The number of ether oxygens (including phenoxy) is 1. The second kappa shape index (κ2) is 2.65. The lowest BCUT2D eigenvalue weighted by molar-refractivity contribution is 0.0696. The number of anilines is 1. The molecule has 0 fully saturated rings. The van der Waals surface area contributed by atoms with Crippen LogP contribution in [0.3, 0.4) is 0 Å². The summed E-state index contributed by atoms with van der Waals surface area (Å²) < 4.78 is 5.23. The first kappa shape index (κ1) is 7.91. The van der Waals surface area contributed by atoms with Gasteiger partial charge in [-0.15, -0.1) is 0 Å². The SMILES string of the molecule is Nc1cc2c(c(C(=O)O)c1)CCO2. The summed E-state index contributed by atoms with van der Waals surface area (Å²) in [5, 5.41) is 8.86. The average Bonchev–Trinajstić information content (AvgIpc) is 2.49. The molecule has 0 atom stereocenters. The second-order valence-corrected chi connectivity index (χ2v) is 2.95. The normalized spacial score (nSPS) is 13.5. The van der Waals surface area contributed by atoms with E-state index in [4.69, 9.17) is 15.6 Å². The van der Waals surface area contributed by atoms with Gasteiger partial charge in [0.25, 0.3) is 0 Å². The summed E-state index contributed by atoms with van der Waals surface area (Å²) in [7, 11) is 0. The van der Waals surface area contributed by atoms with Crippen LogP contribution in [0.25, 0.3) is 0 Å². The van der Waals surface area contributed by atoms with Crippen LogP contribution in [-0.2, 0) is 6.42 Å². The first-order valence-electron chi connectivity index (χ1n) is 3.97. The Morgan fingerprint density at radius 2 is 2.31 bits per heavy atom. The Bertz CT molecular complexity index is 373. The van der Waals surface area contributed by atoms with E-state index in [9.17, 15) is 4.79 Å². The summed E-state index contributed by atoms with van der Waals surface area (Å²) in [6.07, 6.45) is 0.650. The van der Waals surface area contributed by atoms with Gasteiger partial charge < -0.3 is 15.6 Å². The highest BCUT2D eigenvalue weighted by atomic mass is 16.5. The van der Waals surface area contributed by atoms with Gasteiger partial charge in [-0.3, -0.25) is 0 Å². The minimum Gasteiger partial charge on any atom is -0.493 e. The third-order valence-corrected chi connectivity index (χ3v) is 2.07. The molecule has 1 aromatic carbocycles. The molecule has 13 heavy (non-hydrogen) atoms. The molecule has 1 aliphatic heterocycles. The number of nitrogen functional groups attached to an aromatic ring is 1. The molecule has 0 aliphatic carbocycles. The van der Waals surface area contributed by atoms with E-state index < -0.39 is 5.97 Å². The predicted octanol–water partition coefficient (Wildman–Crippen LogP) is 0.902. The lowest BCUT2D eigenvalue weighted by Gasteiger charge is -2.03. The van der Waals surface area contributed by atoms with E-state index in [1.807, 2.05) is 0 Å². The van der Waals surface area contributed by atoms with Crippen LogP contribution < -0.4 is 10.5 Å². The molecule has 0 bridgehead atoms. The van der Waals surface area contributed by atoms with Crippen LogP contribution in [0, 0.1) is 0 Å². The highest BCUT2D eigenvalue weighted by Crippen LogP contribution is 2.30. The van der Waals surface area contributed by atoms with Gasteiger partial charge in [0.05, 0.1) is 12.2 Å². The Hall–Kier alpha value is -1.71. The maximum absolute atomic E-state index is 10.8. The molecule has 3 N–H and O–H groups in total. The predicted molar refractivity (Wildman–Crippen MR) is 47.0 cm³/mol. The maximum atomic E-state index is 10.8. The van der Waals surface area contributed by atoms with Crippen molar-refractivity contribution in [1.29, 1.82) is 0 Å². The summed E-state index contributed by atoms with van der Waals surface area (Å²) >= 11 is 0. The first-order valence-corrected chi connectivity index (χ1v) is 3.97. The maximum Gasteiger partial charge on any atom is 0.336 e. The van der Waals surface area contributed by atoms with Crippen LogP contribution >= 0.6 is 0 Å². The molecular weight excluding hydrogens is 170 g/mol. The van der Waals surface area contributed by atoms with Crippen molar-refractivity contribution in [2.45, 2.75) is 6.42 Å². The number of fused-ring (bicyclic) bond motifs is 1. The third kappa shape index (κ3) is 1.20. The second-order valence-electron chi connectivity index (χ2n) is 2.95. The van der Waals surface area contributed by atoms with Crippen molar-refractivity contribution >= 4 is 11.7 Å². The highest BCUT2D eigenvalue weighted by Gasteiger charge is 2.20. The van der Waals surface area contributed by atoms with Crippen molar-refractivity contribution in [2.24, 2.45) is 0 Å². The number of hydrogen-bond acceptors (Lipinski definition) is 3. The number of benzene rings is 1. The van der Waals surface area contributed by atoms with Crippen LogP contribution in [0.4, 0.5) is 5.69 Å². The van der Waals surface area contributed by atoms with Crippen molar-refractivity contribution in [3.8, 4) is 5.75 Å². The molecule has 4 nitrogen and oxygen atoms in total. The molecule has 1 aliphatic rings. The minimum atomic E-state index is -0.950. The van der Waals surface area contributed by atoms with Gasteiger partial charge in [0.15, 0.2) is 0 Å². The quantitative estimate of drug-likeness (QED) is 0.628. The van der Waals surface area contributed by atoms with Crippen LogP contribution in [0.2, 0.25) is 0 Å². The van der Waals surface area contributed by atoms with Gasteiger partial charge in [-0.25, -0.2) is 4.79 Å². The van der Waals surface area contributed by atoms with E-state index in [-0.39, 0.29) is 5.56 Å². The summed E-state index contributed by atoms with van der Waals surface area (Å²) in [4.78, 5) is 10.8. The van der Waals surface area contributed by atoms with E-state index in [2.05, 4.69) is 0 Å². The monoisotopic (exact) mass is 179 g/mol. The summed E-state index contributed by atoms with van der Waals surface area (Å²) in [5.41, 5.74) is 6.96. The smallest absolute Gasteiger partial charge is 0.336 e. The molecule has 1 heterocycles. The van der Waals surface area contributed by atoms with Crippen molar-refractivity contribution in [2.75, 3.05) is 12.3 Å². The number of carboxylic acid groups (broad SMARTS) is 1. The molecule has 68 valence electrons. The Labute approximate surface area is 74.9 Å². The average molecular weight is 179 g/mol. The Morgan fingerprint density at radius 3 is 3.00 bits per heavy atom. The molecule has 0 saturated heterocycles. The van der Waals surface area contributed by atoms with E-state index in [0.29, 0.717) is 24.5 Å². The Morgan fingerprint density at radius 1 is 1.54 bits per heavy atom. The molecular formula is C9H9NO3. The number of rotatable bonds is 1. The zero-order valence-electron chi connectivity index (χ0n) is 6.91.